The van der Waals surface area contributed by atoms with Crippen molar-refractivity contribution in [1.82, 2.24) is 15.5 Å². The zero-order chi connectivity index (χ0) is 9.80. The molecule has 0 aromatic carbocycles. The Kier molecular flexibility index (Phi) is 2.56. The van der Waals surface area contributed by atoms with E-state index >= 15 is 0 Å². The molecule has 0 aliphatic carbocycles. The summed E-state index contributed by atoms with van der Waals surface area (Å²) in [6.45, 7) is 1.76. The fraction of sp³-hybridized carbons (Fsp3) is 0.444. The molecule has 1 atom stereocenters. The monoisotopic (exact) mass is 190 g/mol. The van der Waals surface area contributed by atoms with E-state index in [0.29, 0.717) is 11.4 Å². The maximum absolute atomic E-state index is 8.78. The largest absolute Gasteiger partial charge is 0.471 e. The highest BCUT2D eigenvalue weighted by molar-refractivity contribution is 5.35. The quantitative estimate of drug-likeness (QED) is 0.715. The molecule has 2 rings (SSSR count). The molecule has 0 spiro atoms. The van der Waals surface area contributed by atoms with Gasteiger partial charge in [-0.2, -0.15) is 10.4 Å². The predicted octanol–water partition coefficient (Wildman–Crippen LogP) is 0.0890. The summed E-state index contributed by atoms with van der Waals surface area (Å²) in [4.78, 5) is 0. The van der Waals surface area contributed by atoms with Gasteiger partial charge >= 0.3 is 0 Å². The van der Waals surface area contributed by atoms with Crippen LogP contribution in [0.25, 0.3) is 0 Å². The van der Waals surface area contributed by atoms with Crippen molar-refractivity contribution >= 4 is 0 Å². The van der Waals surface area contributed by atoms with Crippen LogP contribution in [0.2, 0.25) is 0 Å². The molecule has 0 saturated carbocycles. The third kappa shape index (κ3) is 1.80. The summed E-state index contributed by atoms with van der Waals surface area (Å²) in [5.41, 5.74) is 0.437. The molecule has 5 nitrogen and oxygen atoms in total. The molecule has 0 amide bonds. The number of hydrogen-bond acceptors (Lipinski definition) is 5. The van der Waals surface area contributed by atoms with Crippen LogP contribution in [0.3, 0.4) is 0 Å². The molecule has 14 heavy (non-hydrogen) atoms. The Morgan fingerprint density at radius 1 is 1.64 bits per heavy atom. The van der Waals surface area contributed by atoms with Gasteiger partial charge in [-0.3, -0.25) is 0 Å². The second-order valence-electron chi connectivity index (χ2n) is 3.09. The molecule has 0 bridgehead atoms. The number of nitrogens with one attached hydrogen (secondary N) is 1. The molecule has 1 aromatic rings. The molecule has 1 aliphatic heterocycles. The molecule has 1 unspecified atom stereocenters. The van der Waals surface area contributed by atoms with Crippen molar-refractivity contribution < 1.29 is 4.74 Å². The van der Waals surface area contributed by atoms with E-state index in [-0.39, 0.29) is 6.10 Å². The first-order valence-corrected chi connectivity index (χ1v) is 4.49. The third-order valence-electron chi connectivity index (χ3n) is 2.10. The summed E-state index contributed by atoms with van der Waals surface area (Å²) in [5.74, 6) is 0.337. The Balaban J connectivity index is 2.11. The SMILES string of the molecule is N#Cc1ccnnc1OC1CCNC1. The lowest BCUT2D eigenvalue weighted by atomic mass is 10.3. The zero-order valence-electron chi connectivity index (χ0n) is 7.60. The minimum atomic E-state index is 0.110. The summed E-state index contributed by atoms with van der Waals surface area (Å²) in [7, 11) is 0. The molecule has 1 saturated heterocycles. The smallest absolute Gasteiger partial charge is 0.251 e. The summed E-state index contributed by atoms with van der Waals surface area (Å²) >= 11 is 0. The van der Waals surface area contributed by atoms with Crippen LogP contribution in [0.1, 0.15) is 12.0 Å². The van der Waals surface area contributed by atoms with Gasteiger partial charge in [0.1, 0.15) is 17.7 Å². The lowest BCUT2D eigenvalue weighted by Gasteiger charge is -2.10. The van der Waals surface area contributed by atoms with Crippen molar-refractivity contribution in [3.05, 3.63) is 17.8 Å². The first kappa shape index (κ1) is 8.91. The van der Waals surface area contributed by atoms with E-state index in [1.807, 2.05) is 6.07 Å². The molecule has 5 heteroatoms. The number of hydrogen-bond donors (Lipinski definition) is 1. The summed E-state index contributed by atoms with van der Waals surface area (Å²) < 4.78 is 5.54. The van der Waals surface area contributed by atoms with Gasteiger partial charge in [0.15, 0.2) is 0 Å². The van der Waals surface area contributed by atoms with Crippen LogP contribution in [-0.2, 0) is 0 Å². The van der Waals surface area contributed by atoms with Crippen molar-refractivity contribution in [1.29, 1.82) is 5.26 Å². The number of aromatic nitrogens is 2. The van der Waals surface area contributed by atoms with Crippen LogP contribution in [0.15, 0.2) is 12.3 Å². The van der Waals surface area contributed by atoms with Crippen LogP contribution in [0.4, 0.5) is 0 Å². The number of nitriles is 1. The van der Waals surface area contributed by atoms with E-state index in [9.17, 15) is 0 Å². The molecule has 1 fully saturated rings. The van der Waals surface area contributed by atoms with E-state index in [4.69, 9.17) is 10.00 Å². The highest BCUT2D eigenvalue weighted by Crippen LogP contribution is 2.15. The second kappa shape index (κ2) is 4.03. The molecule has 1 aliphatic rings. The Morgan fingerprint density at radius 2 is 2.57 bits per heavy atom. The van der Waals surface area contributed by atoms with E-state index in [1.54, 1.807) is 6.07 Å². The van der Waals surface area contributed by atoms with Crippen molar-refractivity contribution in [3.8, 4) is 11.9 Å². The van der Waals surface area contributed by atoms with Gasteiger partial charge in [0.05, 0.1) is 6.20 Å². The van der Waals surface area contributed by atoms with Gasteiger partial charge in [-0.05, 0) is 19.0 Å². The molecule has 0 radical (unpaired) electrons. The first-order chi connectivity index (χ1) is 6.90. The van der Waals surface area contributed by atoms with Gasteiger partial charge in [-0.15, -0.1) is 5.10 Å². The molecule has 1 aromatic heterocycles. The Bertz CT molecular complexity index is 354. The predicted molar refractivity (Wildman–Crippen MR) is 48.6 cm³/mol. The van der Waals surface area contributed by atoms with Crippen LogP contribution < -0.4 is 10.1 Å². The minimum Gasteiger partial charge on any atom is -0.471 e. The van der Waals surface area contributed by atoms with Crippen molar-refractivity contribution in [3.63, 3.8) is 0 Å². The normalized spacial score (nSPS) is 20.4. The maximum atomic E-state index is 8.78. The standard InChI is InChI=1S/C9H10N4O/c10-5-7-1-4-12-13-9(7)14-8-2-3-11-6-8/h1,4,8,11H,2-3,6H2. The molecule has 1 N–H and O–H groups in total. The van der Waals surface area contributed by atoms with Crippen LogP contribution in [-0.4, -0.2) is 29.4 Å². The number of nitrogens with zero attached hydrogens (tertiary/aromatic N) is 3. The number of ether oxygens (including phenoxy) is 1. The average Bonchev–Trinajstić information content (AvgIpc) is 2.71. The summed E-state index contributed by atoms with van der Waals surface area (Å²) in [5, 5.41) is 19.4. The average molecular weight is 190 g/mol. The Hall–Kier alpha value is -1.67. The van der Waals surface area contributed by atoms with Gasteiger partial charge in [-0.25, -0.2) is 0 Å². The van der Waals surface area contributed by atoms with Crippen LogP contribution in [0.5, 0.6) is 5.88 Å². The van der Waals surface area contributed by atoms with Crippen LogP contribution >= 0.6 is 0 Å². The van der Waals surface area contributed by atoms with Crippen molar-refractivity contribution in [2.75, 3.05) is 13.1 Å². The van der Waals surface area contributed by atoms with Gasteiger partial charge < -0.3 is 10.1 Å². The topological polar surface area (TPSA) is 70.8 Å². The Morgan fingerprint density at radius 3 is 3.29 bits per heavy atom. The van der Waals surface area contributed by atoms with E-state index in [2.05, 4.69) is 15.5 Å². The summed E-state index contributed by atoms with van der Waals surface area (Å²) in [6, 6.07) is 3.62. The fourth-order valence-electron chi connectivity index (χ4n) is 1.38. The molecule has 72 valence electrons. The second-order valence-corrected chi connectivity index (χ2v) is 3.09. The van der Waals surface area contributed by atoms with E-state index < -0.39 is 0 Å². The summed E-state index contributed by atoms with van der Waals surface area (Å²) in [6.07, 6.45) is 2.54. The van der Waals surface area contributed by atoms with Gasteiger partial charge in [0.25, 0.3) is 5.88 Å². The highest BCUT2D eigenvalue weighted by Gasteiger charge is 2.18. The van der Waals surface area contributed by atoms with E-state index in [1.165, 1.54) is 6.20 Å². The Labute approximate surface area is 81.7 Å². The maximum Gasteiger partial charge on any atom is 0.251 e. The lowest BCUT2D eigenvalue weighted by molar-refractivity contribution is 0.211. The van der Waals surface area contributed by atoms with Gasteiger partial charge in [-0.1, -0.05) is 0 Å². The fourth-order valence-corrected chi connectivity index (χ4v) is 1.38. The number of rotatable bonds is 2. The zero-order valence-corrected chi connectivity index (χ0v) is 7.60. The van der Waals surface area contributed by atoms with Crippen molar-refractivity contribution in [2.45, 2.75) is 12.5 Å². The molecular weight excluding hydrogens is 180 g/mol. The van der Waals surface area contributed by atoms with Gasteiger partial charge in [0.2, 0.25) is 0 Å². The van der Waals surface area contributed by atoms with Crippen LogP contribution in [0, 0.1) is 11.3 Å². The highest BCUT2D eigenvalue weighted by atomic mass is 16.5. The van der Waals surface area contributed by atoms with E-state index in [0.717, 1.165) is 19.5 Å². The molecule has 2 heterocycles. The lowest BCUT2D eigenvalue weighted by Crippen LogP contribution is -2.20. The van der Waals surface area contributed by atoms with Gasteiger partial charge in [0, 0.05) is 6.54 Å². The molecular formula is C9H10N4O. The first-order valence-electron chi connectivity index (χ1n) is 4.49. The minimum absolute atomic E-state index is 0.110. The van der Waals surface area contributed by atoms with Crippen molar-refractivity contribution in [2.24, 2.45) is 0 Å². The third-order valence-corrected chi connectivity index (χ3v) is 2.10.